The number of alkyl halides is 1. The summed E-state index contributed by atoms with van der Waals surface area (Å²) in [6.45, 7) is 3.02. The monoisotopic (exact) mass is 412 g/mol. The maximum absolute atomic E-state index is 13.4. The van der Waals surface area contributed by atoms with Crippen molar-refractivity contribution >= 4 is 22.9 Å². The number of hydrogen-bond acceptors (Lipinski definition) is 3. The van der Waals surface area contributed by atoms with Crippen LogP contribution in [0.3, 0.4) is 0 Å². The molecule has 3 nitrogen and oxygen atoms in total. The van der Waals surface area contributed by atoms with Crippen molar-refractivity contribution in [2.24, 2.45) is 0 Å². The minimum Gasteiger partial charge on any atom is -0.309 e. The standard InChI is InChI=1S/C24H29FN2OS/c25-12-15-27-20-7-3-5-18-6-4-11-24(22(18)20,23(27)28)10-1-2-13-26-14-8-21-19(17-26)9-16-29-21/h3,5,7,9,16H,1-2,4,6,8,10-15,17H2. The molecule has 1 unspecified atom stereocenters. The zero-order chi connectivity index (χ0) is 19.8. The molecule has 0 spiro atoms. The Morgan fingerprint density at radius 1 is 1.10 bits per heavy atom. The second kappa shape index (κ2) is 7.84. The number of halogens is 1. The first kappa shape index (κ1) is 19.3. The van der Waals surface area contributed by atoms with Gasteiger partial charge in [0, 0.05) is 23.7 Å². The Morgan fingerprint density at radius 2 is 2.03 bits per heavy atom. The van der Waals surface area contributed by atoms with Gasteiger partial charge in [-0.15, -0.1) is 11.3 Å². The molecule has 0 bridgehead atoms. The number of carbonyl (C=O) groups excluding carboxylic acids is 1. The third kappa shape index (κ3) is 3.23. The minimum atomic E-state index is -0.481. The van der Waals surface area contributed by atoms with Crippen molar-refractivity contribution in [1.82, 2.24) is 4.90 Å². The molecule has 0 saturated carbocycles. The van der Waals surface area contributed by atoms with Gasteiger partial charge in [-0.2, -0.15) is 0 Å². The van der Waals surface area contributed by atoms with E-state index in [4.69, 9.17) is 0 Å². The van der Waals surface area contributed by atoms with Crippen molar-refractivity contribution in [1.29, 1.82) is 0 Å². The minimum absolute atomic E-state index is 0.151. The summed E-state index contributed by atoms with van der Waals surface area (Å²) in [5, 5.41) is 2.21. The number of benzene rings is 1. The fourth-order valence-electron chi connectivity index (χ4n) is 5.78. The van der Waals surface area contributed by atoms with Crippen LogP contribution in [0.25, 0.3) is 0 Å². The van der Waals surface area contributed by atoms with Crippen LogP contribution >= 0.6 is 11.3 Å². The van der Waals surface area contributed by atoms with Gasteiger partial charge in [0.2, 0.25) is 5.91 Å². The fourth-order valence-corrected chi connectivity index (χ4v) is 6.67. The number of aryl methyl sites for hydroxylation is 1. The van der Waals surface area contributed by atoms with E-state index >= 15 is 0 Å². The van der Waals surface area contributed by atoms with Gasteiger partial charge < -0.3 is 4.90 Å². The van der Waals surface area contributed by atoms with E-state index in [1.54, 1.807) is 9.78 Å². The van der Waals surface area contributed by atoms with Gasteiger partial charge in [-0.05, 0) is 79.3 Å². The molecule has 0 radical (unpaired) electrons. The highest BCUT2D eigenvalue weighted by Crippen LogP contribution is 2.52. The number of fused-ring (bicyclic) bond motifs is 1. The number of carbonyl (C=O) groups is 1. The van der Waals surface area contributed by atoms with Crippen LogP contribution in [0, 0.1) is 0 Å². The van der Waals surface area contributed by atoms with Gasteiger partial charge in [0.25, 0.3) is 0 Å². The maximum Gasteiger partial charge on any atom is 0.237 e. The zero-order valence-electron chi connectivity index (χ0n) is 17.0. The Balaban J connectivity index is 1.27. The smallest absolute Gasteiger partial charge is 0.237 e. The van der Waals surface area contributed by atoms with Crippen molar-refractivity contribution < 1.29 is 9.18 Å². The number of rotatable bonds is 7. The first-order chi connectivity index (χ1) is 14.2. The first-order valence-corrected chi connectivity index (χ1v) is 11.9. The molecule has 2 aromatic rings. The largest absolute Gasteiger partial charge is 0.309 e. The molecule has 3 aliphatic rings. The van der Waals surface area contributed by atoms with Crippen molar-refractivity contribution in [3.05, 3.63) is 51.2 Å². The average Bonchev–Trinajstić information content (AvgIpc) is 3.30. The summed E-state index contributed by atoms with van der Waals surface area (Å²) in [6.07, 6.45) is 7.25. The van der Waals surface area contributed by atoms with Gasteiger partial charge in [-0.25, -0.2) is 4.39 Å². The number of nitrogens with zero attached hydrogens (tertiary/aromatic N) is 2. The molecule has 2 aliphatic heterocycles. The van der Waals surface area contributed by atoms with E-state index in [0.717, 1.165) is 63.8 Å². The molecule has 0 N–H and O–H groups in total. The summed E-state index contributed by atoms with van der Waals surface area (Å²) >= 11 is 1.89. The van der Waals surface area contributed by atoms with E-state index in [0.29, 0.717) is 0 Å². The lowest BCUT2D eigenvalue weighted by molar-refractivity contribution is -0.124. The summed E-state index contributed by atoms with van der Waals surface area (Å²) in [5.41, 5.74) is 4.61. The normalized spacial score (nSPS) is 23.3. The lowest BCUT2D eigenvalue weighted by Crippen LogP contribution is -2.42. The quantitative estimate of drug-likeness (QED) is 0.606. The Labute approximate surface area is 176 Å². The molecule has 0 fully saturated rings. The van der Waals surface area contributed by atoms with Crippen molar-refractivity contribution in [3.63, 3.8) is 0 Å². The van der Waals surface area contributed by atoms with Crippen LogP contribution in [0.5, 0.6) is 0 Å². The van der Waals surface area contributed by atoms with Crippen LogP contribution in [0.1, 0.15) is 53.7 Å². The van der Waals surface area contributed by atoms with Crippen molar-refractivity contribution in [2.45, 2.75) is 56.9 Å². The van der Waals surface area contributed by atoms with E-state index in [9.17, 15) is 9.18 Å². The van der Waals surface area contributed by atoms with Crippen molar-refractivity contribution in [2.75, 3.05) is 31.2 Å². The summed E-state index contributed by atoms with van der Waals surface area (Å²) < 4.78 is 13.2. The van der Waals surface area contributed by atoms with Crippen LogP contribution in [-0.4, -0.2) is 37.1 Å². The summed E-state index contributed by atoms with van der Waals surface area (Å²) in [5.74, 6) is 0.151. The molecule has 154 valence electrons. The summed E-state index contributed by atoms with van der Waals surface area (Å²) in [4.78, 5) is 19.3. The molecule has 5 heteroatoms. The highest BCUT2D eigenvalue weighted by molar-refractivity contribution is 7.10. The van der Waals surface area contributed by atoms with Gasteiger partial charge in [-0.3, -0.25) is 9.69 Å². The van der Waals surface area contributed by atoms with Crippen LogP contribution < -0.4 is 4.90 Å². The molecule has 1 aromatic heterocycles. The van der Waals surface area contributed by atoms with Gasteiger partial charge >= 0.3 is 0 Å². The molecule has 29 heavy (non-hydrogen) atoms. The Kier molecular flexibility index (Phi) is 5.21. The third-order valence-electron chi connectivity index (χ3n) is 7.13. The summed E-state index contributed by atoms with van der Waals surface area (Å²) in [7, 11) is 0. The second-order valence-electron chi connectivity index (χ2n) is 8.74. The van der Waals surface area contributed by atoms with Crippen LogP contribution in [0.15, 0.2) is 29.6 Å². The van der Waals surface area contributed by atoms with E-state index < -0.39 is 12.1 Å². The number of anilines is 1. The highest BCUT2D eigenvalue weighted by Gasteiger charge is 2.52. The summed E-state index contributed by atoms with van der Waals surface area (Å²) in [6, 6.07) is 8.49. The SMILES string of the molecule is O=C1N(CCF)c2cccc3c2C1(CCCCN1CCc2sccc2C1)CCC3. The molecule has 1 aliphatic carbocycles. The first-order valence-electron chi connectivity index (χ1n) is 11.0. The van der Waals surface area contributed by atoms with Gasteiger partial charge in [0.1, 0.15) is 6.67 Å². The molecule has 3 heterocycles. The molecule has 1 atom stereocenters. The van der Waals surface area contributed by atoms with Gasteiger partial charge in [0.15, 0.2) is 0 Å². The predicted octanol–water partition coefficient (Wildman–Crippen LogP) is 4.87. The topological polar surface area (TPSA) is 23.6 Å². The maximum atomic E-state index is 13.4. The average molecular weight is 413 g/mol. The predicted molar refractivity (Wildman–Crippen MR) is 117 cm³/mol. The van der Waals surface area contributed by atoms with Gasteiger partial charge in [0.05, 0.1) is 12.0 Å². The second-order valence-corrected chi connectivity index (χ2v) is 9.75. The third-order valence-corrected chi connectivity index (χ3v) is 8.15. The molecular weight excluding hydrogens is 383 g/mol. The molecule has 1 amide bonds. The van der Waals surface area contributed by atoms with Gasteiger partial charge in [-0.1, -0.05) is 18.6 Å². The van der Waals surface area contributed by atoms with E-state index in [1.165, 1.54) is 23.1 Å². The van der Waals surface area contributed by atoms with Crippen LogP contribution in [0.2, 0.25) is 0 Å². The fraction of sp³-hybridized carbons (Fsp3) is 0.542. The highest BCUT2D eigenvalue weighted by atomic mass is 32.1. The molecule has 5 rings (SSSR count). The van der Waals surface area contributed by atoms with Crippen LogP contribution in [0.4, 0.5) is 10.1 Å². The Morgan fingerprint density at radius 3 is 2.93 bits per heavy atom. The number of thiophene rings is 1. The molecule has 1 aromatic carbocycles. The van der Waals surface area contributed by atoms with E-state index in [-0.39, 0.29) is 12.5 Å². The lowest BCUT2D eigenvalue weighted by atomic mass is 9.68. The van der Waals surface area contributed by atoms with Crippen LogP contribution in [-0.2, 0) is 29.6 Å². The lowest BCUT2D eigenvalue weighted by Gasteiger charge is -2.34. The molecular formula is C24H29FN2OS. The number of amides is 1. The van der Waals surface area contributed by atoms with Crippen molar-refractivity contribution in [3.8, 4) is 0 Å². The Bertz CT molecular complexity index is 910. The Hall–Kier alpha value is -1.72. The number of hydrogen-bond donors (Lipinski definition) is 0. The molecule has 0 saturated heterocycles. The zero-order valence-corrected chi connectivity index (χ0v) is 17.8. The van der Waals surface area contributed by atoms with E-state index in [2.05, 4.69) is 22.4 Å². The van der Waals surface area contributed by atoms with E-state index in [1.807, 2.05) is 23.5 Å². The number of unbranched alkanes of at least 4 members (excludes halogenated alkanes) is 1.